The summed E-state index contributed by atoms with van der Waals surface area (Å²) in [5, 5.41) is 0. The number of amides is 1. The largest absolute Gasteiger partial charge is 0.497 e. The Bertz CT molecular complexity index is 771. The van der Waals surface area contributed by atoms with E-state index >= 15 is 0 Å². The van der Waals surface area contributed by atoms with Crippen molar-refractivity contribution < 1.29 is 19.1 Å². The number of ether oxygens (including phenoxy) is 2. The summed E-state index contributed by atoms with van der Waals surface area (Å²) in [5.74, 6) is -0.120. The van der Waals surface area contributed by atoms with Crippen molar-refractivity contribution in [1.29, 1.82) is 0 Å². The van der Waals surface area contributed by atoms with Crippen molar-refractivity contribution in [3.63, 3.8) is 0 Å². The van der Waals surface area contributed by atoms with Gasteiger partial charge in [-0.3, -0.25) is 4.79 Å². The average Bonchev–Trinajstić information content (AvgIpc) is 2.66. The molecule has 0 aliphatic rings. The lowest BCUT2D eigenvalue weighted by atomic mass is 10.2. The molecule has 0 fully saturated rings. The molecular weight excluding hydrogens is 330 g/mol. The van der Waals surface area contributed by atoms with Crippen LogP contribution in [0.1, 0.15) is 18.1 Å². The Balaban J connectivity index is 1.88. The third kappa shape index (κ3) is 5.77. The normalized spacial score (nSPS) is 11.8. The Morgan fingerprint density at radius 2 is 1.85 bits per heavy atom. The van der Waals surface area contributed by atoms with Gasteiger partial charge in [0, 0.05) is 19.7 Å². The Morgan fingerprint density at radius 1 is 1.12 bits per heavy atom. The summed E-state index contributed by atoms with van der Waals surface area (Å²) in [7, 11) is 3.27. The van der Waals surface area contributed by atoms with Crippen LogP contribution in [0.4, 0.5) is 0 Å². The molecule has 0 N–H and O–H groups in total. The van der Waals surface area contributed by atoms with Gasteiger partial charge in [0.15, 0.2) is 6.10 Å². The number of rotatable bonds is 7. The van der Waals surface area contributed by atoms with Gasteiger partial charge in [-0.15, -0.1) is 0 Å². The first kappa shape index (κ1) is 19.2. The lowest BCUT2D eigenvalue weighted by Gasteiger charge is -2.21. The predicted octanol–water partition coefficient (Wildman–Crippen LogP) is 3.30. The molecule has 136 valence electrons. The van der Waals surface area contributed by atoms with E-state index < -0.39 is 12.1 Å². The van der Waals surface area contributed by atoms with Crippen LogP contribution in [-0.4, -0.2) is 37.0 Å². The number of nitrogens with zero attached hydrogens (tertiary/aromatic N) is 1. The summed E-state index contributed by atoms with van der Waals surface area (Å²) < 4.78 is 10.3. The standard InChI is InChI=1S/C21H23NO4/c1-16(21(24)22(2)15-18-8-5-4-6-9-18)26-20(23)13-12-17-10-7-11-19(14-17)25-3/h4-14,16H,15H2,1-3H3/b13-12+/t16-/m1/s1. The number of methoxy groups -OCH3 is 1. The molecule has 0 saturated heterocycles. The summed E-state index contributed by atoms with van der Waals surface area (Å²) in [6.45, 7) is 2.03. The maximum absolute atomic E-state index is 12.3. The smallest absolute Gasteiger partial charge is 0.331 e. The van der Waals surface area contributed by atoms with Gasteiger partial charge in [-0.1, -0.05) is 42.5 Å². The minimum absolute atomic E-state index is 0.253. The highest BCUT2D eigenvalue weighted by atomic mass is 16.5. The van der Waals surface area contributed by atoms with E-state index in [1.165, 1.54) is 6.08 Å². The van der Waals surface area contributed by atoms with E-state index in [0.717, 1.165) is 11.1 Å². The fraction of sp³-hybridized carbons (Fsp3) is 0.238. The van der Waals surface area contributed by atoms with Crippen molar-refractivity contribution in [3.05, 3.63) is 71.8 Å². The number of likely N-dealkylation sites (N-methyl/N-ethyl adjacent to an activating group) is 1. The molecule has 0 aliphatic heterocycles. The zero-order chi connectivity index (χ0) is 18.9. The van der Waals surface area contributed by atoms with E-state index in [2.05, 4.69) is 0 Å². The van der Waals surface area contributed by atoms with Crippen molar-refractivity contribution in [2.75, 3.05) is 14.2 Å². The van der Waals surface area contributed by atoms with Gasteiger partial charge in [-0.05, 0) is 36.3 Å². The molecule has 0 spiro atoms. The molecule has 0 bridgehead atoms. The van der Waals surface area contributed by atoms with Gasteiger partial charge in [0.25, 0.3) is 5.91 Å². The second kappa shape index (κ2) is 9.42. The van der Waals surface area contributed by atoms with Gasteiger partial charge in [0.05, 0.1) is 7.11 Å². The summed E-state index contributed by atoms with van der Waals surface area (Å²) in [4.78, 5) is 25.8. The first-order valence-corrected chi connectivity index (χ1v) is 8.31. The van der Waals surface area contributed by atoms with E-state index in [1.54, 1.807) is 38.1 Å². The zero-order valence-electron chi connectivity index (χ0n) is 15.2. The number of carbonyl (C=O) groups is 2. The van der Waals surface area contributed by atoms with Crippen LogP contribution < -0.4 is 4.74 Å². The Morgan fingerprint density at radius 3 is 2.54 bits per heavy atom. The third-order valence-electron chi connectivity index (χ3n) is 3.79. The summed E-state index contributed by atoms with van der Waals surface area (Å²) in [6, 6.07) is 16.9. The van der Waals surface area contributed by atoms with Crippen LogP contribution in [0.5, 0.6) is 5.75 Å². The third-order valence-corrected chi connectivity index (χ3v) is 3.79. The van der Waals surface area contributed by atoms with Gasteiger partial charge in [0.1, 0.15) is 5.75 Å². The lowest BCUT2D eigenvalue weighted by molar-refractivity contribution is -0.154. The van der Waals surface area contributed by atoms with Gasteiger partial charge in [0.2, 0.25) is 0 Å². The highest BCUT2D eigenvalue weighted by Crippen LogP contribution is 2.14. The second-order valence-electron chi connectivity index (χ2n) is 5.87. The minimum Gasteiger partial charge on any atom is -0.497 e. The Kier molecular flexibility index (Phi) is 6.97. The number of benzene rings is 2. The molecule has 0 aromatic heterocycles. The van der Waals surface area contributed by atoms with Crippen LogP contribution in [-0.2, 0) is 20.9 Å². The van der Waals surface area contributed by atoms with Crippen LogP contribution in [0.3, 0.4) is 0 Å². The Labute approximate surface area is 153 Å². The molecule has 0 saturated carbocycles. The zero-order valence-corrected chi connectivity index (χ0v) is 15.2. The lowest BCUT2D eigenvalue weighted by Crippen LogP contribution is -2.36. The van der Waals surface area contributed by atoms with E-state index in [-0.39, 0.29) is 5.91 Å². The maximum atomic E-state index is 12.3. The number of hydrogen-bond acceptors (Lipinski definition) is 4. The topological polar surface area (TPSA) is 55.8 Å². The van der Waals surface area contributed by atoms with Crippen LogP contribution in [0.2, 0.25) is 0 Å². The number of esters is 1. The van der Waals surface area contributed by atoms with Crippen LogP contribution >= 0.6 is 0 Å². The van der Waals surface area contributed by atoms with E-state index in [4.69, 9.17) is 9.47 Å². The fourth-order valence-electron chi connectivity index (χ4n) is 2.42. The first-order chi connectivity index (χ1) is 12.5. The molecule has 1 atom stereocenters. The van der Waals surface area contributed by atoms with Crippen molar-refractivity contribution in [3.8, 4) is 5.75 Å². The van der Waals surface area contributed by atoms with Crippen molar-refractivity contribution in [2.45, 2.75) is 19.6 Å². The van der Waals surface area contributed by atoms with Gasteiger partial charge >= 0.3 is 5.97 Å². The van der Waals surface area contributed by atoms with Crippen LogP contribution in [0.15, 0.2) is 60.7 Å². The molecule has 0 unspecified atom stereocenters. The molecule has 2 rings (SSSR count). The van der Waals surface area contributed by atoms with Gasteiger partial charge < -0.3 is 14.4 Å². The van der Waals surface area contributed by atoms with E-state index in [9.17, 15) is 9.59 Å². The van der Waals surface area contributed by atoms with Gasteiger partial charge in [-0.2, -0.15) is 0 Å². The van der Waals surface area contributed by atoms with Crippen molar-refractivity contribution >= 4 is 18.0 Å². The highest BCUT2D eigenvalue weighted by molar-refractivity contribution is 5.90. The molecule has 5 nitrogen and oxygen atoms in total. The molecule has 2 aromatic carbocycles. The van der Waals surface area contributed by atoms with Crippen LogP contribution in [0.25, 0.3) is 6.08 Å². The molecule has 0 aliphatic carbocycles. The molecule has 5 heteroatoms. The average molecular weight is 353 g/mol. The number of carbonyl (C=O) groups excluding carboxylic acids is 2. The molecule has 2 aromatic rings. The summed E-state index contributed by atoms with van der Waals surface area (Å²) in [5.41, 5.74) is 1.82. The molecule has 26 heavy (non-hydrogen) atoms. The van der Waals surface area contributed by atoms with Gasteiger partial charge in [-0.25, -0.2) is 4.79 Å². The fourth-order valence-corrected chi connectivity index (χ4v) is 2.42. The maximum Gasteiger partial charge on any atom is 0.331 e. The van der Waals surface area contributed by atoms with Crippen molar-refractivity contribution in [2.24, 2.45) is 0 Å². The first-order valence-electron chi connectivity index (χ1n) is 8.31. The minimum atomic E-state index is -0.855. The number of hydrogen-bond donors (Lipinski definition) is 0. The predicted molar refractivity (Wildman–Crippen MR) is 100 cm³/mol. The highest BCUT2D eigenvalue weighted by Gasteiger charge is 2.20. The van der Waals surface area contributed by atoms with Crippen molar-refractivity contribution in [1.82, 2.24) is 4.90 Å². The monoisotopic (exact) mass is 353 g/mol. The molecular formula is C21H23NO4. The van der Waals surface area contributed by atoms with Crippen LogP contribution in [0, 0.1) is 0 Å². The SMILES string of the molecule is COc1cccc(/C=C/C(=O)O[C@H](C)C(=O)N(C)Cc2ccccc2)c1. The quantitative estimate of drug-likeness (QED) is 0.566. The molecule has 1 amide bonds. The molecule has 0 heterocycles. The van der Waals surface area contributed by atoms with E-state index in [0.29, 0.717) is 12.3 Å². The Hall–Kier alpha value is -3.08. The summed E-state index contributed by atoms with van der Waals surface area (Å²) >= 11 is 0. The second-order valence-corrected chi connectivity index (χ2v) is 5.87. The molecule has 0 radical (unpaired) electrons. The summed E-state index contributed by atoms with van der Waals surface area (Å²) in [6.07, 6.45) is 2.07. The van der Waals surface area contributed by atoms with E-state index in [1.807, 2.05) is 48.5 Å².